The largest absolute Gasteiger partial charge is 0.364 e. The lowest BCUT2D eigenvalue weighted by Crippen LogP contribution is -2.25. The number of aromatic nitrogens is 2. The number of amides is 1. The van der Waals surface area contributed by atoms with E-state index < -0.39 is 11.5 Å². The van der Waals surface area contributed by atoms with Crippen molar-refractivity contribution in [3.63, 3.8) is 0 Å². The third kappa shape index (κ3) is 1.71. The van der Waals surface area contributed by atoms with E-state index in [0.29, 0.717) is 11.0 Å². The Kier molecular flexibility index (Phi) is 2.51. The Hall–Kier alpha value is -1.69. The number of halogens is 1. The Morgan fingerprint density at radius 3 is 2.81 bits per heavy atom. The number of H-pyrrole nitrogens is 1. The summed E-state index contributed by atoms with van der Waals surface area (Å²) >= 11 is 3.32. The molecule has 6 heteroatoms. The summed E-state index contributed by atoms with van der Waals surface area (Å²) in [5, 5.41) is 0. The van der Waals surface area contributed by atoms with Crippen molar-refractivity contribution in [2.24, 2.45) is 5.73 Å². The molecule has 2 aromatic rings. The second kappa shape index (κ2) is 3.71. The molecule has 0 saturated heterocycles. The Morgan fingerprint density at radius 1 is 1.50 bits per heavy atom. The molecule has 0 fully saturated rings. The molecule has 82 valence electrons. The molecule has 5 nitrogen and oxygen atoms in total. The highest BCUT2D eigenvalue weighted by Gasteiger charge is 2.11. The predicted molar refractivity (Wildman–Crippen MR) is 63.3 cm³/mol. The number of nitrogens with two attached hydrogens (primary N) is 1. The average molecular weight is 282 g/mol. The number of hydrogen-bond acceptors (Lipinski definition) is 3. The van der Waals surface area contributed by atoms with Gasteiger partial charge in [0.15, 0.2) is 5.69 Å². The summed E-state index contributed by atoms with van der Waals surface area (Å²) in [5.41, 5.74) is 6.25. The summed E-state index contributed by atoms with van der Waals surface area (Å²) in [6.07, 6.45) is 0. The van der Waals surface area contributed by atoms with Crippen molar-refractivity contribution in [3.05, 3.63) is 38.2 Å². The zero-order valence-electron chi connectivity index (χ0n) is 8.37. The van der Waals surface area contributed by atoms with Crippen LogP contribution in [-0.2, 0) is 0 Å². The van der Waals surface area contributed by atoms with Gasteiger partial charge in [0.05, 0.1) is 11.0 Å². The van der Waals surface area contributed by atoms with Crippen LogP contribution < -0.4 is 11.3 Å². The number of carbonyl (C=O) groups excluding carboxylic acids is 1. The number of aromatic amines is 1. The fourth-order valence-electron chi connectivity index (χ4n) is 1.45. The molecule has 16 heavy (non-hydrogen) atoms. The summed E-state index contributed by atoms with van der Waals surface area (Å²) in [6, 6.07) is 3.62. The molecular formula is C10H8BrN3O2. The summed E-state index contributed by atoms with van der Waals surface area (Å²) in [6.45, 7) is 1.89. The van der Waals surface area contributed by atoms with Crippen LogP contribution in [0.15, 0.2) is 21.4 Å². The molecule has 0 bridgehead atoms. The number of hydrogen-bond donors (Lipinski definition) is 2. The highest BCUT2D eigenvalue weighted by atomic mass is 79.9. The van der Waals surface area contributed by atoms with Gasteiger partial charge in [-0.05, 0) is 40.5 Å². The minimum atomic E-state index is -0.833. The first-order valence-electron chi connectivity index (χ1n) is 4.49. The van der Waals surface area contributed by atoms with Crippen molar-refractivity contribution >= 4 is 32.9 Å². The normalized spacial score (nSPS) is 10.6. The molecule has 0 unspecified atom stereocenters. The summed E-state index contributed by atoms with van der Waals surface area (Å²) in [5.74, 6) is -0.833. The maximum Gasteiger partial charge on any atom is 0.280 e. The van der Waals surface area contributed by atoms with Crippen LogP contribution in [0.25, 0.3) is 11.0 Å². The standard InChI is InChI=1S/C10H8BrN3O2/c1-4-2-5(11)7-6(3-4)13-8(9(12)15)10(16)14-7/h2-3H,1H3,(H2,12,15)(H,14,16). The van der Waals surface area contributed by atoms with Gasteiger partial charge in [-0.1, -0.05) is 0 Å². The average Bonchev–Trinajstić information content (AvgIpc) is 2.18. The lowest BCUT2D eigenvalue weighted by atomic mass is 10.2. The van der Waals surface area contributed by atoms with Gasteiger partial charge in [0.2, 0.25) is 0 Å². The zero-order valence-corrected chi connectivity index (χ0v) is 9.96. The van der Waals surface area contributed by atoms with Gasteiger partial charge in [0.1, 0.15) is 0 Å². The van der Waals surface area contributed by atoms with Crippen molar-refractivity contribution < 1.29 is 4.79 Å². The Balaban J connectivity index is 2.90. The molecule has 1 aromatic heterocycles. The SMILES string of the molecule is Cc1cc(Br)c2[nH]c(=O)c(C(N)=O)nc2c1. The second-order valence-corrected chi connectivity index (χ2v) is 4.27. The molecular weight excluding hydrogens is 274 g/mol. The number of nitrogens with zero attached hydrogens (tertiary/aromatic N) is 1. The number of fused-ring (bicyclic) bond motifs is 1. The molecule has 1 heterocycles. The molecule has 0 aliphatic heterocycles. The van der Waals surface area contributed by atoms with Crippen LogP contribution in [0.4, 0.5) is 0 Å². The van der Waals surface area contributed by atoms with Crippen molar-refractivity contribution in [1.82, 2.24) is 9.97 Å². The van der Waals surface area contributed by atoms with Gasteiger partial charge in [-0.2, -0.15) is 0 Å². The second-order valence-electron chi connectivity index (χ2n) is 3.42. The molecule has 1 amide bonds. The number of nitrogens with one attached hydrogen (secondary N) is 1. The van der Waals surface area contributed by atoms with Gasteiger partial charge < -0.3 is 10.7 Å². The number of carbonyl (C=O) groups is 1. The van der Waals surface area contributed by atoms with Crippen LogP contribution in [0.1, 0.15) is 16.1 Å². The van der Waals surface area contributed by atoms with Gasteiger partial charge in [-0.15, -0.1) is 0 Å². The summed E-state index contributed by atoms with van der Waals surface area (Å²) in [7, 11) is 0. The molecule has 0 atom stereocenters. The topological polar surface area (TPSA) is 88.8 Å². The fourth-order valence-corrected chi connectivity index (χ4v) is 2.11. The monoisotopic (exact) mass is 281 g/mol. The molecule has 1 aromatic carbocycles. The highest BCUT2D eigenvalue weighted by molar-refractivity contribution is 9.10. The quantitative estimate of drug-likeness (QED) is 0.820. The maximum absolute atomic E-state index is 11.5. The van der Waals surface area contributed by atoms with E-state index in [4.69, 9.17) is 5.73 Å². The van der Waals surface area contributed by atoms with Crippen LogP contribution >= 0.6 is 15.9 Å². The number of benzene rings is 1. The summed E-state index contributed by atoms with van der Waals surface area (Å²) < 4.78 is 0.725. The first-order valence-corrected chi connectivity index (χ1v) is 5.28. The first-order chi connectivity index (χ1) is 7.49. The van der Waals surface area contributed by atoms with Crippen molar-refractivity contribution in [2.75, 3.05) is 0 Å². The van der Waals surface area contributed by atoms with Crippen LogP contribution in [0.2, 0.25) is 0 Å². The fraction of sp³-hybridized carbons (Fsp3) is 0.100. The number of rotatable bonds is 1. The van der Waals surface area contributed by atoms with Crippen molar-refractivity contribution in [1.29, 1.82) is 0 Å². The Morgan fingerprint density at radius 2 is 2.19 bits per heavy atom. The molecule has 3 N–H and O–H groups in total. The molecule has 0 spiro atoms. The van der Waals surface area contributed by atoms with E-state index in [1.54, 1.807) is 6.07 Å². The minimum Gasteiger partial charge on any atom is -0.364 e. The lowest BCUT2D eigenvalue weighted by molar-refractivity contribution is 0.0994. The highest BCUT2D eigenvalue weighted by Crippen LogP contribution is 2.21. The Labute approximate surface area is 98.8 Å². The Bertz CT molecular complexity index is 648. The van der Waals surface area contributed by atoms with E-state index in [9.17, 15) is 9.59 Å². The first kappa shape index (κ1) is 10.8. The van der Waals surface area contributed by atoms with Crippen LogP contribution in [-0.4, -0.2) is 15.9 Å². The van der Waals surface area contributed by atoms with Gasteiger partial charge in [-0.3, -0.25) is 9.59 Å². The van der Waals surface area contributed by atoms with E-state index in [0.717, 1.165) is 10.0 Å². The van der Waals surface area contributed by atoms with Crippen LogP contribution in [0.3, 0.4) is 0 Å². The summed E-state index contributed by atoms with van der Waals surface area (Å²) in [4.78, 5) is 29.0. The maximum atomic E-state index is 11.5. The zero-order chi connectivity index (χ0) is 11.9. The van der Waals surface area contributed by atoms with E-state index in [-0.39, 0.29) is 5.69 Å². The van der Waals surface area contributed by atoms with Gasteiger partial charge in [0, 0.05) is 4.47 Å². The van der Waals surface area contributed by atoms with Gasteiger partial charge in [0.25, 0.3) is 11.5 Å². The van der Waals surface area contributed by atoms with E-state index in [2.05, 4.69) is 25.9 Å². The van der Waals surface area contributed by atoms with Crippen molar-refractivity contribution in [2.45, 2.75) is 6.92 Å². The van der Waals surface area contributed by atoms with Crippen LogP contribution in [0.5, 0.6) is 0 Å². The molecule has 2 rings (SSSR count). The third-order valence-corrected chi connectivity index (χ3v) is 2.76. The van der Waals surface area contributed by atoms with Crippen LogP contribution in [0, 0.1) is 6.92 Å². The minimum absolute atomic E-state index is 0.273. The van der Waals surface area contributed by atoms with Gasteiger partial charge in [-0.25, -0.2) is 4.98 Å². The number of primary amides is 1. The molecule has 0 aliphatic rings. The van der Waals surface area contributed by atoms with Gasteiger partial charge >= 0.3 is 0 Å². The lowest BCUT2D eigenvalue weighted by Gasteiger charge is -2.03. The smallest absolute Gasteiger partial charge is 0.280 e. The molecule has 0 radical (unpaired) electrons. The molecule has 0 saturated carbocycles. The predicted octanol–water partition coefficient (Wildman–Crippen LogP) is 1.09. The van der Waals surface area contributed by atoms with E-state index in [1.165, 1.54) is 0 Å². The molecule has 0 aliphatic carbocycles. The van der Waals surface area contributed by atoms with E-state index >= 15 is 0 Å². The third-order valence-electron chi connectivity index (χ3n) is 2.13. The van der Waals surface area contributed by atoms with E-state index in [1.807, 2.05) is 13.0 Å². The number of aryl methyl sites for hydroxylation is 1. The van der Waals surface area contributed by atoms with Crippen molar-refractivity contribution in [3.8, 4) is 0 Å².